The summed E-state index contributed by atoms with van der Waals surface area (Å²) in [5.41, 5.74) is 1.06. The van der Waals surface area contributed by atoms with Gasteiger partial charge in [-0.15, -0.1) is 0 Å². The molecule has 0 radical (unpaired) electrons. The van der Waals surface area contributed by atoms with Crippen LogP contribution in [0.3, 0.4) is 0 Å². The molecule has 0 fully saturated rings. The number of nitrogens with zero attached hydrogens (tertiary/aromatic N) is 1. The number of hydrogen-bond acceptors (Lipinski definition) is 5. The number of fused-ring (bicyclic) bond motifs is 1. The van der Waals surface area contributed by atoms with Crippen LogP contribution in [0.4, 0.5) is 6.01 Å². The highest BCUT2D eigenvalue weighted by atomic mass is 16.5. The van der Waals surface area contributed by atoms with Crippen molar-refractivity contribution in [1.82, 2.24) is 4.98 Å². The first-order valence-corrected chi connectivity index (χ1v) is 5.89. The van der Waals surface area contributed by atoms with Gasteiger partial charge in [0.05, 0.1) is 6.54 Å². The summed E-state index contributed by atoms with van der Waals surface area (Å²) in [4.78, 5) is 14.4. The zero-order valence-electron chi connectivity index (χ0n) is 10.00. The van der Waals surface area contributed by atoms with Crippen LogP contribution in [0.25, 0.3) is 0 Å². The SMILES string of the molecule is O=C(O)c1coc(NCC2Cc3ccccc3O2)n1. The molecule has 6 nitrogen and oxygen atoms in total. The van der Waals surface area contributed by atoms with E-state index >= 15 is 0 Å². The van der Waals surface area contributed by atoms with Crippen molar-refractivity contribution >= 4 is 12.0 Å². The number of rotatable bonds is 4. The third-order valence-electron chi connectivity index (χ3n) is 2.92. The average molecular weight is 260 g/mol. The summed E-state index contributed by atoms with van der Waals surface area (Å²) in [7, 11) is 0. The number of aromatic carboxylic acids is 1. The normalized spacial score (nSPS) is 16.7. The van der Waals surface area contributed by atoms with Gasteiger partial charge in [0.25, 0.3) is 6.01 Å². The van der Waals surface area contributed by atoms with Gasteiger partial charge in [0, 0.05) is 6.42 Å². The quantitative estimate of drug-likeness (QED) is 0.871. The molecule has 1 unspecified atom stereocenters. The van der Waals surface area contributed by atoms with Crippen LogP contribution in [0.5, 0.6) is 5.75 Å². The Labute approximate surface area is 109 Å². The van der Waals surface area contributed by atoms with Crippen molar-refractivity contribution in [2.45, 2.75) is 12.5 Å². The molecule has 1 aliphatic heterocycles. The summed E-state index contributed by atoms with van der Waals surface area (Å²) in [6.45, 7) is 0.508. The lowest BCUT2D eigenvalue weighted by molar-refractivity contribution is 0.0690. The van der Waals surface area contributed by atoms with Gasteiger partial charge >= 0.3 is 5.97 Å². The number of hydrogen-bond donors (Lipinski definition) is 2. The van der Waals surface area contributed by atoms with Crippen LogP contribution in [0.15, 0.2) is 34.9 Å². The molecular formula is C13H12N2O4. The molecule has 1 atom stereocenters. The van der Waals surface area contributed by atoms with Crippen molar-refractivity contribution in [2.24, 2.45) is 0 Å². The van der Waals surface area contributed by atoms with Crippen molar-refractivity contribution in [3.8, 4) is 5.75 Å². The third kappa shape index (κ3) is 2.37. The van der Waals surface area contributed by atoms with Gasteiger partial charge in [0.15, 0.2) is 5.69 Å². The summed E-state index contributed by atoms with van der Waals surface area (Å²) < 4.78 is 10.7. The molecular weight excluding hydrogens is 248 g/mol. The van der Waals surface area contributed by atoms with Crippen molar-refractivity contribution in [3.63, 3.8) is 0 Å². The summed E-state index contributed by atoms with van der Waals surface area (Å²) in [6.07, 6.45) is 1.92. The molecule has 6 heteroatoms. The molecule has 2 aromatic rings. The molecule has 1 aliphatic rings. The predicted octanol–water partition coefficient (Wildman–Crippen LogP) is 1.79. The topological polar surface area (TPSA) is 84.6 Å². The summed E-state index contributed by atoms with van der Waals surface area (Å²) in [5, 5.41) is 11.7. The first-order chi connectivity index (χ1) is 9.22. The molecule has 1 aromatic carbocycles. The number of ether oxygens (including phenoxy) is 1. The van der Waals surface area contributed by atoms with E-state index in [-0.39, 0.29) is 17.8 Å². The maximum Gasteiger partial charge on any atom is 0.357 e. The molecule has 0 aliphatic carbocycles. The highest BCUT2D eigenvalue weighted by Gasteiger charge is 2.22. The fraction of sp³-hybridized carbons (Fsp3) is 0.231. The molecule has 0 amide bonds. The number of aromatic nitrogens is 1. The van der Waals surface area contributed by atoms with Crippen molar-refractivity contribution in [1.29, 1.82) is 0 Å². The van der Waals surface area contributed by atoms with Gasteiger partial charge in [-0.25, -0.2) is 4.79 Å². The molecule has 0 bridgehead atoms. The van der Waals surface area contributed by atoms with E-state index in [4.69, 9.17) is 14.3 Å². The molecule has 0 spiro atoms. The minimum atomic E-state index is -1.11. The van der Waals surface area contributed by atoms with E-state index in [0.717, 1.165) is 18.4 Å². The Bertz CT molecular complexity index is 583. The first-order valence-electron chi connectivity index (χ1n) is 5.89. The van der Waals surface area contributed by atoms with Gasteiger partial charge in [-0.2, -0.15) is 4.98 Å². The number of anilines is 1. The Balaban J connectivity index is 1.58. The van der Waals surface area contributed by atoms with Crippen LogP contribution >= 0.6 is 0 Å². The largest absolute Gasteiger partial charge is 0.488 e. The minimum Gasteiger partial charge on any atom is -0.488 e. The van der Waals surface area contributed by atoms with E-state index < -0.39 is 5.97 Å². The molecule has 19 heavy (non-hydrogen) atoms. The van der Waals surface area contributed by atoms with Crippen LogP contribution in [0, 0.1) is 0 Å². The Kier molecular flexibility index (Phi) is 2.83. The highest BCUT2D eigenvalue weighted by molar-refractivity contribution is 5.85. The average Bonchev–Trinajstić information content (AvgIpc) is 3.02. The number of carbonyl (C=O) groups is 1. The zero-order valence-corrected chi connectivity index (χ0v) is 10.00. The Morgan fingerprint density at radius 3 is 3.05 bits per heavy atom. The highest BCUT2D eigenvalue weighted by Crippen LogP contribution is 2.28. The molecule has 1 aromatic heterocycles. The maximum atomic E-state index is 10.6. The number of para-hydroxylation sites is 1. The first kappa shape index (κ1) is 11.6. The standard InChI is InChI=1S/C13H12N2O4/c16-12(17)10-7-18-13(15-10)14-6-9-5-8-3-1-2-4-11(8)19-9/h1-4,7,9H,5-6H2,(H,14,15)(H,16,17). The Hall–Kier alpha value is -2.50. The van der Waals surface area contributed by atoms with Gasteiger partial charge in [-0.05, 0) is 11.6 Å². The Morgan fingerprint density at radius 2 is 2.32 bits per heavy atom. The smallest absolute Gasteiger partial charge is 0.357 e. The number of oxazole rings is 1. The van der Waals surface area contributed by atoms with Crippen molar-refractivity contribution in [3.05, 3.63) is 41.8 Å². The lowest BCUT2D eigenvalue weighted by Gasteiger charge is -2.10. The van der Waals surface area contributed by atoms with E-state index in [1.165, 1.54) is 5.56 Å². The lowest BCUT2D eigenvalue weighted by atomic mass is 10.1. The van der Waals surface area contributed by atoms with Gasteiger partial charge < -0.3 is 19.6 Å². The fourth-order valence-corrected chi connectivity index (χ4v) is 2.02. The predicted molar refractivity (Wildman–Crippen MR) is 66.5 cm³/mol. The number of nitrogens with one attached hydrogen (secondary N) is 1. The van der Waals surface area contributed by atoms with E-state index in [9.17, 15) is 4.79 Å². The van der Waals surface area contributed by atoms with Crippen molar-refractivity contribution < 1.29 is 19.1 Å². The van der Waals surface area contributed by atoms with Crippen molar-refractivity contribution in [2.75, 3.05) is 11.9 Å². The summed E-state index contributed by atoms with van der Waals surface area (Å²) in [5.74, 6) is -0.214. The molecule has 0 saturated heterocycles. The van der Waals surface area contributed by atoms with Crippen LogP contribution < -0.4 is 10.1 Å². The second kappa shape index (κ2) is 4.64. The number of carboxylic acid groups (broad SMARTS) is 1. The van der Waals surface area contributed by atoms with Gasteiger partial charge in [-0.1, -0.05) is 18.2 Å². The number of carboxylic acids is 1. The van der Waals surface area contributed by atoms with Crippen LogP contribution in [-0.2, 0) is 6.42 Å². The van der Waals surface area contributed by atoms with E-state index in [1.54, 1.807) is 0 Å². The summed E-state index contributed by atoms with van der Waals surface area (Å²) in [6, 6.07) is 8.07. The third-order valence-corrected chi connectivity index (χ3v) is 2.92. The van der Waals surface area contributed by atoms with Crippen LogP contribution in [0.1, 0.15) is 16.1 Å². The molecule has 2 N–H and O–H groups in total. The number of benzene rings is 1. The van der Waals surface area contributed by atoms with Crippen LogP contribution in [0.2, 0.25) is 0 Å². The van der Waals surface area contributed by atoms with Gasteiger partial charge in [0.1, 0.15) is 18.1 Å². The fourth-order valence-electron chi connectivity index (χ4n) is 2.02. The monoisotopic (exact) mass is 260 g/mol. The van der Waals surface area contributed by atoms with Gasteiger partial charge in [-0.3, -0.25) is 0 Å². The summed E-state index contributed by atoms with van der Waals surface area (Å²) >= 11 is 0. The zero-order chi connectivity index (χ0) is 13.2. The second-order valence-electron chi connectivity index (χ2n) is 4.28. The van der Waals surface area contributed by atoms with E-state index in [2.05, 4.69) is 10.3 Å². The van der Waals surface area contributed by atoms with E-state index in [1.807, 2.05) is 24.3 Å². The molecule has 98 valence electrons. The van der Waals surface area contributed by atoms with Gasteiger partial charge in [0.2, 0.25) is 0 Å². The second-order valence-corrected chi connectivity index (χ2v) is 4.28. The Morgan fingerprint density at radius 1 is 1.47 bits per heavy atom. The molecule has 3 rings (SSSR count). The maximum absolute atomic E-state index is 10.6. The molecule has 2 heterocycles. The lowest BCUT2D eigenvalue weighted by Crippen LogP contribution is -2.24. The van der Waals surface area contributed by atoms with Crippen LogP contribution in [-0.4, -0.2) is 28.7 Å². The minimum absolute atomic E-state index is 0.00224. The molecule has 0 saturated carbocycles. The van der Waals surface area contributed by atoms with E-state index in [0.29, 0.717) is 6.54 Å².